The molecule has 2 N–H and O–H groups in total. The first kappa shape index (κ1) is 18.2. The van der Waals surface area contributed by atoms with Crippen molar-refractivity contribution in [3.05, 3.63) is 65.2 Å². The van der Waals surface area contributed by atoms with Crippen LogP contribution in [0, 0.1) is 6.92 Å². The third-order valence-electron chi connectivity index (χ3n) is 3.50. The molecule has 130 valence electrons. The van der Waals surface area contributed by atoms with E-state index in [1.807, 2.05) is 31.2 Å². The molecule has 0 radical (unpaired) electrons. The van der Waals surface area contributed by atoms with Crippen molar-refractivity contribution in [1.82, 2.24) is 5.32 Å². The van der Waals surface area contributed by atoms with Crippen molar-refractivity contribution in [3.63, 3.8) is 0 Å². The summed E-state index contributed by atoms with van der Waals surface area (Å²) in [6.07, 6.45) is -0.297. The highest BCUT2D eigenvalue weighted by Gasteiger charge is 2.11. The molecule has 0 aromatic heterocycles. The van der Waals surface area contributed by atoms with Crippen molar-refractivity contribution in [2.75, 3.05) is 12.4 Å². The Bertz CT molecular complexity index is 769. The van der Waals surface area contributed by atoms with Gasteiger partial charge in [-0.15, -0.1) is 0 Å². The van der Waals surface area contributed by atoms with E-state index >= 15 is 0 Å². The normalized spacial score (nSPS) is 10.0. The van der Waals surface area contributed by atoms with Gasteiger partial charge in [-0.2, -0.15) is 0 Å². The van der Waals surface area contributed by atoms with Gasteiger partial charge in [-0.3, -0.25) is 9.59 Å². The number of hydrogen-bond donors (Lipinski definition) is 2. The Balaban J connectivity index is 1.84. The summed E-state index contributed by atoms with van der Waals surface area (Å²) in [4.78, 5) is 35.3. The maximum absolute atomic E-state index is 11.9. The summed E-state index contributed by atoms with van der Waals surface area (Å²) in [7, 11) is 1.28. The molecule has 2 aromatic carbocycles. The van der Waals surface area contributed by atoms with Gasteiger partial charge in [0.1, 0.15) is 6.42 Å². The molecule has 0 aliphatic carbocycles. The second kappa shape index (κ2) is 8.63. The number of esters is 1. The fourth-order valence-corrected chi connectivity index (χ4v) is 2.16. The van der Waals surface area contributed by atoms with Crippen LogP contribution in [0.3, 0.4) is 0 Å². The van der Waals surface area contributed by atoms with E-state index < -0.39 is 11.9 Å². The predicted molar refractivity (Wildman–Crippen MR) is 94.1 cm³/mol. The highest BCUT2D eigenvalue weighted by atomic mass is 16.5. The predicted octanol–water partition coefficient (Wildman–Crippen LogP) is 2.43. The minimum atomic E-state index is -0.494. The van der Waals surface area contributed by atoms with Crippen LogP contribution in [0.5, 0.6) is 0 Å². The van der Waals surface area contributed by atoms with E-state index in [0.717, 1.165) is 11.1 Å². The zero-order valence-electron chi connectivity index (χ0n) is 14.2. The average Bonchev–Trinajstić information content (AvgIpc) is 2.60. The van der Waals surface area contributed by atoms with Crippen LogP contribution in [-0.4, -0.2) is 24.9 Å². The summed E-state index contributed by atoms with van der Waals surface area (Å²) < 4.78 is 4.63. The lowest BCUT2D eigenvalue weighted by Crippen LogP contribution is -2.27. The third kappa shape index (κ3) is 5.76. The number of nitrogens with one attached hydrogen (secondary N) is 2. The molecule has 0 spiro atoms. The number of carbonyl (C=O) groups is 3. The molecule has 2 rings (SSSR count). The first-order valence-electron chi connectivity index (χ1n) is 7.78. The Morgan fingerprint density at radius 3 is 2.40 bits per heavy atom. The average molecular weight is 340 g/mol. The minimum Gasteiger partial charge on any atom is -0.465 e. The van der Waals surface area contributed by atoms with E-state index in [-0.39, 0.29) is 12.3 Å². The number of anilines is 1. The van der Waals surface area contributed by atoms with E-state index in [4.69, 9.17) is 0 Å². The van der Waals surface area contributed by atoms with Crippen molar-refractivity contribution in [2.24, 2.45) is 0 Å². The maximum Gasteiger partial charge on any atom is 0.337 e. The highest BCUT2D eigenvalue weighted by Crippen LogP contribution is 2.12. The van der Waals surface area contributed by atoms with Gasteiger partial charge in [0.25, 0.3) is 0 Å². The van der Waals surface area contributed by atoms with Gasteiger partial charge >= 0.3 is 5.97 Å². The summed E-state index contributed by atoms with van der Waals surface area (Å²) in [6.45, 7) is 2.35. The SMILES string of the molecule is COC(=O)c1cccc(NC(=O)CC(=O)NCc2ccc(C)cc2)c1. The van der Waals surface area contributed by atoms with E-state index in [2.05, 4.69) is 15.4 Å². The Kier molecular flexibility index (Phi) is 6.28. The van der Waals surface area contributed by atoms with Crippen molar-refractivity contribution in [3.8, 4) is 0 Å². The van der Waals surface area contributed by atoms with E-state index in [1.165, 1.54) is 13.2 Å². The molecule has 6 nitrogen and oxygen atoms in total. The Morgan fingerprint density at radius 1 is 1.00 bits per heavy atom. The Morgan fingerprint density at radius 2 is 1.72 bits per heavy atom. The maximum atomic E-state index is 11.9. The van der Waals surface area contributed by atoms with Crippen molar-refractivity contribution in [2.45, 2.75) is 19.9 Å². The van der Waals surface area contributed by atoms with Gasteiger partial charge < -0.3 is 15.4 Å². The smallest absolute Gasteiger partial charge is 0.337 e. The summed E-state index contributed by atoms with van der Waals surface area (Å²) in [5.41, 5.74) is 2.86. The van der Waals surface area contributed by atoms with E-state index in [0.29, 0.717) is 17.8 Å². The fraction of sp³-hybridized carbons (Fsp3) is 0.211. The van der Waals surface area contributed by atoms with Crippen LogP contribution in [0.4, 0.5) is 5.69 Å². The summed E-state index contributed by atoms with van der Waals surface area (Å²) in [6, 6.07) is 14.1. The van der Waals surface area contributed by atoms with Crippen LogP contribution >= 0.6 is 0 Å². The van der Waals surface area contributed by atoms with Crippen LogP contribution in [-0.2, 0) is 20.9 Å². The van der Waals surface area contributed by atoms with Crippen LogP contribution in [0.15, 0.2) is 48.5 Å². The lowest BCUT2D eigenvalue weighted by molar-refractivity contribution is -0.126. The molecule has 0 bridgehead atoms. The number of hydrogen-bond acceptors (Lipinski definition) is 4. The second-order valence-corrected chi connectivity index (χ2v) is 5.56. The molecular weight excluding hydrogens is 320 g/mol. The molecule has 0 fully saturated rings. The van der Waals surface area contributed by atoms with Crippen molar-refractivity contribution in [1.29, 1.82) is 0 Å². The van der Waals surface area contributed by atoms with Crippen LogP contribution in [0.1, 0.15) is 27.9 Å². The van der Waals surface area contributed by atoms with Crippen molar-refractivity contribution < 1.29 is 19.1 Å². The summed E-state index contributed by atoms with van der Waals surface area (Å²) in [5.74, 6) is -1.32. The molecule has 0 atom stereocenters. The summed E-state index contributed by atoms with van der Waals surface area (Å²) >= 11 is 0. The first-order valence-corrected chi connectivity index (χ1v) is 7.78. The zero-order valence-corrected chi connectivity index (χ0v) is 14.2. The van der Waals surface area contributed by atoms with Gasteiger partial charge in [0, 0.05) is 12.2 Å². The van der Waals surface area contributed by atoms with Gasteiger partial charge in [-0.25, -0.2) is 4.79 Å². The third-order valence-corrected chi connectivity index (χ3v) is 3.50. The number of methoxy groups -OCH3 is 1. The van der Waals surface area contributed by atoms with Crippen molar-refractivity contribution >= 4 is 23.5 Å². The molecule has 0 heterocycles. The zero-order chi connectivity index (χ0) is 18.2. The molecule has 25 heavy (non-hydrogen) atoms. The Labute approximate surface area is 146 Å². The van der Waals surface area contributed by atoms with E-state index in [9.17, 15) is 14.4 Å². The minimum absolute atomic E-state index is 0.297. The number of rotatable bonds is 6. The molecule has 0 aliphatic heterocycles. The fourth-order valence-electron chi connectivity index (χ4n) is 2.16. The molecule has 0 aliphatic rings. The van der Waals surface area contributed by atoms with Gasteiger partial charge in [-0.05, 0) is 30.7 Å². The number of carbonyl (C=O) groups excluding carboxylic acids is 3. The topological polar surface area (TPSA) is 84.5 Å². The van der Waals surface area contributed by atoms with E-state index in [1.54, 1.807) is 18.2 Å². The highest BCUT2D eigenvalue weighted by molar-refractivity contribution is 6.04. The van der Waals surface area contributed by atoms with Crippen LogP contribution in [0.2, 0.25) is 0 Å². The van der Waals surface area contributed by atoms with Crippen LogP contribution in [0.25, 0.3) is 0 Å². The Hall–Kier alpha value is -3.15. The number of aryl methyl sites for hydroxylation is 1. The molecule has 6 heteroatoms. The summed E-state index contributed by atoms with van der Waals surface area (Å²) in [5, 5.41) is 5.29. The van der Waals surface area contributed by atoms with Gasteiger partial charge in [0.05, 0.1) is 12.7 Å². The number of amides is 2. The molecule has 0 saturated heterocycles. The quantitative estimate of drug-likeness (QED) is 0.625. The molecule has 2 aromatic rings. The van der Waals surface area contributed by atoms with Gasteiger partial charge in [0.15, 0.2) is 0 Å². The first-order chi connectivity index (χ1) is 12.0. The van der Waals surface area contributed by atoms with Crippen LogP contribution < -0.4 is 10.6 Å². The standard InChI is InChI=1S/C19H20N2O4/c1-13-6-8-14(9-7-13)12-20-17(22)11-18(23)21-16-5-3-4-15(10-16)19(24)25-2/h3-10H,11-12H2,1-2H3,(H,20,22)(H,21,23). The molecule has 2 amide bonds. The van der Waals surface area contributed by atoms with Gasteiger partial charge in [0.2, 0.25) is 11.8 Å². The number of ether oxygens (including phenoxy) is 1. The number of benzene rings is 2. The monoisotopic (exact) mass is 340 g/mol. The molecule has 0 unspecified atom stereocenters. The lowest BCUT2D eigenvalue weighted by atomic mass is 10.1. The largest absolute Gasteiger partial charge is 0.465 e. The van der Waals surface area contributed by atoms with Gasteiger partial charge in [-0.1, -0.05) is 35.9 Å². The molecular formula is C19H20N2O4. The lowest BCUT2D eigenvalue weighted by Gasteiger charge is -2.08. The molecule has 0 saturated carbocycles. The second-order valence-electron chi connectivity index (χ2n) is 5.56.